The van der Waals surface area contributed by atoms with Crippen LogP contribution in [0.2, 0.25) is 0 Å². The molecule has 1 aliphatic rings. The zero-order chi connectivity index (χ0) is 14.0. The lowest BCUT2D eigenvalue weighted by Crippen LogP contribution is -2.30. The van der Waals surface area contributed by atoms with Crippen molar-refractivity contribution in [2.24, 2.45) is 5.92 Å². The first-order valence-corrected chi connectivity index (χ1v) is 7.71. The third-order valence-corrected chi connectivity index (χ3v) is 4.70. The van der Waals surface area contributed by atoms with Crippen LogP contribution in [-0.2, 0) is 6.42 Å². The summed E-state index contributed by atoms with van der Waals surface area (Å²) in [4.78, 5) is 4.41. The fourth-order valence-corrected chi connectivity index (χ4v) is 3.40. The van der Waals surface area contributed by atoms with Gasteiger partial charge in [-0.25, -0.2) is 0 Å². The standard InChI is InChI=1S/C18H23NO/c1-14-5-4-10-18(20,11-8-14)13-15-9-12-19-17-7-3-2-6-16(15)17/h2-3,6-7,9,12,14,20H,4-5,8,10-11,13H2,1H3. The number of fused-ring (bicyclic) bond motifs is 1. The van der Waals surface area contributed by atoms with Crippen LogP contribution in [0.5, 0.6) is 0 Å². The van der Waals surface area contributed by atoms with Crippen LogP contribution in [0.3, 0.4) is 0 Å². The maximum Gasteiger partial charge on any atom is 0.0704 e. The molecule has 1 fully saturated rings. The van der Waals surface area contributed by atoms with Crippen LogP contribution >= 0.6 is 0 Å². The minimum Gasteiger partial charge on any atom is -0.390 e. The molecule has 2 heteroatoms. The third kappa shape index (κ3) is 2.85. The molecule has 1 aliphatic carbocycles. The monoisotopic (exact) mass is 269 g/mol. The topological polar surface area (TPSA) is 33.1 Å². The SMILES string of the molecule is CC1CCCC(O)(Cc2ccnc3ccccc23)CC1. The van der Waals surface area contributed by atoms with E-state index < -0.39 is 5.60 Å². The van der Waals surface area contributed by atoms with Crippen LogP contribution in [0, 0.1) is 5.92 Å². The van der Waals surface area contributed by atoms with Crippen molar-refractivity contribution in [1.29, 1.82) is 0 Å². The Morgan fingerprint density at radius 1 is 1.20 bits per heavy atom. The van der Waals surface area contributed by atoms with Crippen LogP contribution in [0.1, 0.15) is 44.6 Å². The summed E-state index contributed by atoms with van der Waals surface area (Å²) in [7, 11) is 0. The lowest BCUT2D eigenvalue weighted by Gasteiger charge is -2.27. The Balaban J connectivity index is 1.88. The van der Waals surface area contributed by atoms with Gasteiger partial charge in [0, 0.05) is 18.0 Å². The lowest BCUT2D eigenvalue weighted by atomic mass is 9.86. The average Bonchev–Trinajstić information content (AvgIpc) is 2.61. The van der Waals surface area contributed by atoms with Crippen molar-refractivity contribution in [3.05, 3.63) is 42.1 Å². The molecule has 2 nitrogen and oxygen atoms in total. The number of hydrogen-bond donors (Lipinski definition) is 1. The summed E-state index contributed by atoms with van der Waals surface area (Å²) in [6.07, 6.45) is 7.99. The zero-order valence-corrected chi connectivity index (χ0v) is 12.2. The van der Waals surface area contributed by atoms with Crippen molar-refractivity contribution >= 4 is 10.9 Å². The van der Waals surface area contributed by atoms with E-state index in [1.54, 1.807) is 0 Å². The van der Waals surface area contributed by atoms with Crippen LogP contribution in [0.4, 0.5) is 0 Å². The van der Waals surface area contributed by atoms with Crippen molar-refractivity contribution in [3.63, 3.8) is 0 Å². The van der Waals surface area contributed by atoms with Gasteiger partial charge in [0.1, 0.15) is 0 Å². The molecule has 0 radical (unpaired) electrons. The smallest absolute Gasteiger partial charge is 0.0704 e. The summed E-state index contributed by atoms with van der Waals surface area (Å²) in [5.74, 6) is 0.748. The van der Waals surface area contributed by atoms with Crippen molar-refractivity contribution in [3.8, 4) is 0 Å². The largest absolute Gasteiger partial charge is 0.390 e. The first-order chi connectivity index (χ1) is 9.66. The molecule has 3 rings (SSSR count). The van der Waals surface area contributed by atoms with Gasteiger partial charge in [0.2, 0.25) is 0 Å². The van der Waals surface area contributed by atoms with Crippen molar-refractivity contribution < 1.29 is 5.11 Å². The van der Waals surface area contributed by atoms with E-state index in [4.69, 9.17) is 0 Å². The maximum atomic E-state index is 11.0. The molecule has 1 saturated carbocycles. The van der Waals surface area contributed by atoms with E-state index in [0.29, 0.717) is 0 Å². The number of hydrogen-bond acceptors (Lipinski definition) is 2. The number of aliphatic hydroxyl groups is 1. The molecule has 0 bridgehead atoms. The summed E-state index contributed by atoms with van der Waals surface area (Å²) < 4.78 is 0. The molecule has 1 aromatic carbocycles. The summed E-state index contributed by atoms with van der Waals surface area (Å²) in [5.41, 5.74) is 1.72. The van der Waals surface area contributed by atoms with Crippen molar-refractivity contribution in [2.45, 2.75) is 51.0 Å². The highest BCUT2D eigenvalue weighted by Gasteiger charge is 2.30. The molecule has 0 saturated heterocycles. The predicted octanol–water partition coefficient (Wildman–Crippen LogP) is 4.11. The quantitative estimate of drug-likeness (QED) is 0.832. The summed E-state index contributed by atoms with van der Waals surface area (Å²) in [5, 5.41) is 12.1. The van der Waals surface area contributed by atoms with Gasteiger partial charge in [-0.3, -0.25) is 4.98 Å². The molecule has 1 N–H and O–H groups in total. The average molecular weight is 269 g/mol. The van der Waals surface area contributed by atoms with E-state index in [0.717, 1.165) is 43.5 Å². The van der Waals surface area contributed by atoms with Crippen molar-refractivity contribution in [1.82, 2.24) is 4.98 Å². The number of benzene rings is 1. The number of para-hydroxylation sites is 1. The van der Waals surface area contributed by atoms with Crippen molar-refractivity contribution in [2.75, 3.05) is 0 Å². The van der Waals surface area contributed by atoms with Gasteiger partial charge in [-0.1, -0.05) is 38.0 Å². The summed E-state index contributed by atoms with van der Waals surface area (Å²) >= 11 is 0. The van der Waals surface area contributed by atoms with Gasteiger partial charge < -0.3 is 5.11 Å². The molecule has 2 aromatic rings. The molecule has 0 aliphatic heterocycles. The molecule has 2 unspecified atom stereocenters. The molecule has 1 aromatic heterocycles. The van der Waals surface area contributed by atoms with Gasteiger partial charge in [-0.2, -0.15) is 0 Å². The van der Waals surface area contributed by atoms with E-state index in [1.807, 2.05) is 24.4 Å². The Morgan fingerprint density at radius 2 is 2.05 bits per heavy atom. The summed E-state index contributed by atoms with van der Waals surface area (Å²) in [6, 6.07) is 10.3. The van der Waals surface area contributed by atoms with E-state index in [1.165, 1.54) is 17.4 Å². The fourth-order valence-electron chi connectivity index (χ4n) is 3.40. The molecule has 1 heterocycles. The third-order valence-electron chi connectivity index (χ3n) is 4.70. The van der Waals surface area contributed by atoms with E-state index in [2.05, 4.69) is 24.0 Å². The van der Waals surface area contributed by atoms with Crippen LogP contribution < -0.4 is 0 Å². The molecule has 0 amide bonds. The Kier molecular flexibility index (Phi) is 3.75. The number of aromatic nitrogens is 1. The summed E-state index contributed by atoms with van der Waals surface area (Å²) in [6.45, 7) is 2.30. The molecule has 106 valence electrons. The van der Waals surface area contributed by atoms with Crippen LogP contribution in [-0.4, -0.2) is 15.7 Å². The second-order valence-electron chi connectivity index (χ2n) is 6.42. The van der Waals surface area contributed by atoms with Gasteiger partial charge in [0.15, 0.2) is 0 Å². The fraction of sp³-hybridized carbons (Fsp3) is 0.500. The highest BCUT2D eigenvalue weighted by Crippen LogP contribution is 2.33. The van der Waals surface area contributed by atoms with Crippen LogP contribution in [0.25, 0.3) is 10.9 Å². The number of rotatable bonds is 2. The molecule has 0 spiro atoms. The van der Waals surface area contributed by atoms with Gasteiger partial charge in [-0.15, -0.1) is 0 Å². The number of nitrogens with zero attached hydrogens (tertiary/aromatic N) is 1. The van der Waals surface area contributed by atoms with E-state index >= 15 is 0 Å². The second-order valence-corrected chi connectivity index (χ2v) is 6.42. The maximum absolute atomic E-state index is 11.0. The first-order valence-electron chi connectivity index (χ1n) is 7.71. The van der Waals surface area contributed by atoms with Gasteiger partial charge >= 0.3 is 0 Å². The van der Waals surface area contributed by atoms with Crippen LogP contribution in [0.15, 0.2) is 36.5 Å². The van der Waals surface area contributed by atoms with E-state index in [-0.39, 0.29) is 0 Å². The minimum atomic E-state index is -0.533. The Hall–Kier alpha value is -1.41. The zero-order valence-electron chi connectivity index (χ0n) is 12.2. The second kappa shape index (κ2) is 5.53. The normalized spacial score (nSPS) is 27.4. The van der Waals surface area contributed by atoms with Gasteiger partial charge in [-0.05, 0) is 42.9 Å². The highest BCUT2D eigenvalue weighted by atomic mass is 16.3. The van der Waals surface area contributed by atoms with Gasteiger partial charge in [0.05, 0.1) is 11.1 Å². The lowest BCUT2D eigenvalue weighted by molar-refractivity contribution is 0.0247. The predicted molar refractivity (Wildman–Crippen MR) is 82.6 cm³/mol. The first kappa shape index (κ1) is 13.6. The van der Waals surface area contributed by atoms with E-state index in [9.17, 15) is 5.11 Å². The molecule has 20 heavy (non-hydrogen) atoms. The highest BCUT2D eigenvalue weighted by molar-refractivity contribution is 5.81. The molecule has 2 atom stereocenters. The minimum absolute atomic E-state index is 0.533. The Bertz CT molecular complexity index is 589. The Labute approximate surface area is 120 Å². The molecular weight excluding hydrogens is 246 g/mol. The van der Waals surface area contributed by atoms with Gasteiger partial charge in [0.25, 0.3) is 0 Å². The molecular formula is C18H23NO. The number of pyridine rings is 1. The Morgan fingerprint density at radius 3 is 2.95 bits per heavy atom.